The second-order valence-electron chi connectivity index (χ2n) is 5.60. The van der Waals surface area contributed by atoms with Crippen LogP contribution in [0.25, 0.3) is 0 Å². The van der Waals surface area contributed by atoms with E-state index in [-0.39, 0.29) is 18.1 Å². The molecular weight excluding hydrogens is 231 g/mol. The quantitative estimate of drug-likeness (QED) is 0.806. The van der Waals surface area contributed by atoms with E-state index in [1.807, 2.05) is 6.34 Å². The van der Waals surface area contributed by atoms with Gasteiger partial charge in [0.25, 0.3) is 0 Å². The highest BCUT2D eigenvalue weighted by Crippen LogP contribution is 2.35. The molecule has 5 heteroatoms. The third-order valence-electron chi connectivity index (χ3n) is 4.63. The molecule has 0 radical (unpaired) electrons. The Morgan fingerprint density at radius 3 is 3.00 bits per heavy atom. The number of amidine groups is 1. The summed E-state index contributed by atoms with van der Waals surface area (Å²) in [5.41, 5.74) is 5.95. The molecule has 3 aliphatic rings. The normalized spacial score (nSPS) is 43.1. The van der Waals surface area contributed by atoms with Crippen LogP contribution in [0.5, 0.6) is 0 Å². The molecular formula is C13H21FN4. The molecule has 0 amide bonds. The van der Waals surface area contributed by atoms with Gasteiger partial charge in [-0.1, -0.05) is 6.92 Å². The van der Waals surface area contributed by atoms with E-state index in [4.69, 9.17) is 5.73 Å². The zero-order valence-corrected chi connectivity index (χ0v) is 10.8. The fourth-order valence-electron chi connectivity index (χ4n) is 3.56. The zero-order chi connectivity index (χ0) is 12.7. The van der Waals surface area contributed by atoms with Gasteiger partial charge < -0.3 is 10.6 Å². The molecule has 100 valence electrons. The molecule has 0 spiro atoms. The summed E-state index contributed by atoms with van der Waals surface area (Å²) in [6, 6.07) is 0.189. The van der Waals surface area contributed by atoms with E-state index in [1.165, 1.54) is 0 Å². The molecule has 1 aliphatic carbocycles. The lowest BCUT2D eigenvalue weighted by Gasteiger charge is -2.39. The van der Waals surface area contributed by atoms with Crippen molar-refractivity contribution in [2.75, 3.05) is 6.54 Å². The van der Waals surface area contributed by atoms with Gasteiger partial charge in [0.15, 0.2) is 0 Å². The molecule has 2 N–H and O–H groups in total. The van der Waals surface area contributed by atoms with Gasteiger partial charge in [0.1, 0.15) is 18.0 Å². The summed E-state index contributed by atoms with van der Waals surface area (Å²) in [6.07, 6.45) is 4.76. The molecule has 0 aromatic carbocycles. The Morgan fingerprint density at radius 2 is 2.33 bits per heavy atom. The fourth-order valence-corrected chi connectivity index (χ4v) is 3.56. The highest BCUT2D eigenvalue weighted by Gasteiger charge is 2.46. The standard InChI is InChI=1S/C13H21FN4/c1-2-8-6-16-13(15)11-12(8)18(7-17-11)10-5-3-4-9(10)14/h7-12H,2-6H2,1H3,(H2,15,16). The van der Waals surface area contributed by atoms with Crippen molar-refractivity contribution in [3.63, 3.8) is 0 Å². The van der Waals surface area contributed by atoms with E-state index < -0.39 is 6.17 Å². The number of nitrogens with two attached hydrogens (primary N) is 1. The Labute approximate surface area is 107 Å². The van der Waals surface area contributed by atoms with Crippen LogP contribution in [-0.4, -0.2) is 47.9 Å². The zero-order valence-electron chi connectivity index (χ0n) is 10.8. The van der Waals surface area contributed by atoms with Gasteiger partial charge in [0, 0.05) is 12.5 Å². The summed E-state index contributed by atoms with van der Waals surface area (Å²) in [6.45, 7) is 2.92. The number of fused-ring (bicyclic) bond motifs is 1. The highest BCUT2D eigenvalue weighted by atomic mass is 19.1. The van der Waals surface area contributed by atoms with Crippen LogP contribution >= 0.6 is 0 Å². The summed E-state index contributed by atoms with van der Waals surface area (Å²) in [7, 11) is 0. The van der Waals surface area contributed by atoms with Crippen molar-refractivity contribution in [2.45, 2.75) is 56.9 Å². The van der Waals surface area contributed by atoms with Gasteiger partial charge in [0.05, 0.1) is 18.4 Å². The second kappa shape index (κ2) is 4.52. The Morgan fingerprint density at radius 1 is 1.50 bits per heavy atom. The molecule has 4 nitrogen and oxygen atoms in total. The van der Waals surface area contributed by atoms with E-state index in [2.05, 4.69) is 21.8 Å². The molecule has 2 heterocycles. The molecule has 1 saturated carbocycles. The number of aliphatic imine (C=N–C) groups is 2. The van der Waals surface area contributed by atoms with Crippen molar-refractivity contribution in [1.82, 2.24) is 4.90 Å². The molecule has 1 fully saturated rings. The average Bonchev–Trinajstić information content (AvgIpc) is 2.96. The summed E-state index contributed by atoms with van der Waals surface area (Å²) < 4.78 is 14.0. The van der Waals surface area contributed by atoms with Crippen molar-refractivity contribution in [3.8, 4) is 0 Å². The first-order valence-corrected chi connectivity index (χ1v) is 6.97. The van der Waals surface area contributed by atoms with Crippen molar-refractivity contribution in [3.05, 3.63) is 0 Å². The lowest BCUT2D eigenvalue weighted by Crippen LogP contribution is -2.55. The number of hydrogen-bond acceptors (Lipinski definition) is 4. The SMILES string of the molecule is CCC1CN=C(N)C2N=CN(C3CCCC3F)C12. The number of halogens is 1. The molecule has 18 heavy (non-hydrogen) atoms. The van der Waals surface area contributed by atoms with Crippen molar-refractivity contribution in [2.24, 2.45) is 21.6 Å². The first kappa shape index (κ1) is 11.9. The van der Waals surface area contributed by atoms with Crippen molar-refractivity contribution < 1.29 is 4.39 Å². The largest absolute Gasteiger partial charge is 0.386 e. The predicted molar refractivity (Wildman–Crippen MR) is 70.7 cm³/mol. The molecule has 5 atom stereocenters. The third-order valence-corrected chi connectivity index (χ3v) is 4.63. The molecule has 3 rings (SSSR count). The smallest absolute Gasteiger partial charge is 0.129 e. The lowest BCUT2D eigenvalue weighted by molar-refractivity contribution is 0.134. The second-order valence-corrected chi connectivity index (χ2v) is 5.60. The summed E-state index contributed by atoms with van der Waals surface area (Å²) in [5, 5.41) is 0. The van der Waals surface area contributed by atoms with E-state index >= 15 is 0 Å². The topological polar surface area (TPSA) is 54.0 Å². The van der Waals surface area contributed by atoms with Gasteiger partial charge in [-0.2, -0.15) is 0 Å². The van der Waals surface area contributed by atoms with Gasteiger partial charge in [-0.15, -0.1) is 0 Å². The van der Waals surface area contributed by atoms with E-state index in [1.54, 1.807) is 0 Å². The third kappa shape index (κ3) is 1.71. The molecule has 2 aliphatic heterocycles. The van der Waals surface area contributed by atoms with Crippen molar-refractivity contribution >= 4 is 12.2 Å². The molecule has 5 unspecified atom stereocenters. The summed E-state index contributed by atoms with van der Waals surface area (Å²) in [5.74, 6) is 1.06. The number of alkyl halides is 1. The monoisotopic (exact) mass is 252 g/mol. The van der Waals surface area contributed by atoms with E-state index in [0.29, 0.717) is 18.2 Å². The molecule has 0 aromatic rings. The summed E-state index contributed by atoms with van der Waals surface area (Å²) in [4.78, 5) is 11.0. The van der Waals surface area contributed by atoms with Crippen LogP contribution in [0.15, 0.2) is 9.98 Å². The first-order chi connectivity index (χ1) is 8.72. The molecule has 0 bridgehead atoms. The Balaban J connectivity index is 1.85. The maximum absolute atomic E-state index is 14.0. The highest BCUT2D eigenvalue weighted by molar-refractivity contribution is 5.90. The van der Waals surface area contributed by atoms with Gasteiger partial charge in [-0.05, 0) is 25.7 Å². The number of hydrogen-bond donors (Lipinski definition) is 1. The van der Waals surface area contributed by atoms with Crippen LogP contribution in [0, 0.1) is 5.92 Å². The van der Waals surface area contributed by atoms with Crippen LogP contribution in [0.3, 0.4) is 0 Å². The van der Waals surface area contributed by atoms with Crippen LogP contribution in [0.1, 0.15) is 32.6 Å². The van der Waals surface area contributed by atoms with Crippen molar-refractivity contribution in [1.29, 1.82) is 0 Å². The maximum Gasteiger partial charge on any atom is 0.129 e. The predicted octanol–water partition coefficient (Wildman–Crippen LogP) is 1.36. The van der Waals surface area contributed by atoms with E-state index in [0.717, 1.165) is 25.8 Å². The molecule has 0 aromatic heterocycles. The Kier molecular flexibility index (Phi) is 2.99. The van der Waals surface area contributed by atoms with Gasteiger partial charge >= 0.3 is 0 Å². The van der Waals surface area contributed by atoms with Gasteiger partial charge in [-0.3, -0.25) is 9.98 Å². The summed E-state index contributed by atoms with van der Waals surface area (Å²) >= 11 is 0. The van der Waals surface area contributed by atoms with E-state index in [9.17, 15) is 4.39 Å². The average molecular weight is 252 g/mol. The molecule has 0 saturated heterocycles. The Hall–Kier alpha value is -1.13. The van der Waals surface area contributed by atoms with Gasteiger partial charge in [0.2, 0.25) is 0 Å². The van der Waals surface area contributed by atoms with Crippen LogP contribution in [0.4, 0.5) is 4.39 Å². The minimum atomic E-state index is -0.715. The number of rotatable bonds is 2. The van der Waals surface area contributed by atoms with Crippen LogP contribution < -0.4 is 5.73 Å². The maximum atomic E-state index is 14.0. The van der Waals surface area contributed by atoms with Gasteiger partial charge in [-0.25, -0.2) is 4.39 Å². The fraction of sp³-hybridized carbons (Fsp3) is 0.846. The lowest BCUT2D eigenvalue weighted by atomic mass is 9.87. The minimum Gasteiger partial charge on any atom is -0.386 e. The minimum absolute atomic E-state index is 0.00343. The Bertz CT molecular complexity index is 381. The van der Waals surface area contributed by atoms with Crippen LogP contribution in [0.2, 0.25) is 0 Å². The van der Waals surface area contributed by atoms with Crippen LogP contribution in [-0.2, 0) is 0 Å². The number of nitrogens with zero attached hydrogens (tertiary/aromatic N) is 3. The first-order valence-electron chi connectivity index (χ1n) is 6.97.